The Morgan fingerprint density at radius 2 is 1.88 bits per heavy atom. The van der Waals surface area contributed by atoms with E-state index in [-0.39, 0.29) is 0 Å². The minimum Gasteiger partial charge on any atom is -0.382 e. The summed E-state index contributed by atoms with van der Waals surface area (Å²) >= 11 is 0. The Hall–Kier alpha value is -1.59. The van der Waals surface area contributed by atoms with Gasteiger partial charge < -0.3 is 15.4 Å². The molecule has 2 N–H and O–H groups in total. The summed E-state index contributed by atoms with van der Waals surface area (Å²) in [5.41, 5.74) is 3.01. The summed E-state index contributed by atoms with van der Waals surface area (Å²) in [6.07, 6.45) is 4.50. The van der Waals surface area contributed by atoms with Gasteiger partial charge in [0.25, 0.3) is 0 Å². The fraction of sp³-hybridized carbons (Fsp3) is 0.650. The van der Waals surface area contributed by atoms with Gasteiger partial charge in [-0.25, -0.2) is 0 Å². The van der Waals surface area contributed by atoms with E-state index in [2.05, 4.69) is 44.8 Å². The topological polar surface area (TPSA) is 48.9 Å². The molecule has 5 heteroatoms. The van der Waals surface area contributed by atoms with Crippen molar-refractivity contribution >= 4 is 5.96 Å². The van der Waals surface area contributed by atoms with Crippen LogP contribution in [0.2, 0.25) is 0 Å². The predicted octanol–water partition coefficient (Wildman–Crippen LogP) is 2.42. The molecule has 1 aliphatic rings. The number of nitrogens with zero attached hydrogens (tertiary/aromatic N) is 2. The maximum Gasteiger partial charge on any atom is 0.190 e. The second-order valence-corrected chi connectivity index (χ2v) is 6.48. The molecule has 5 nitrogen and oxygen atoms in total. The number of unbranched alkanes of at least 4 members (excludes halogenated alkanes) is 1. The van der Waals surface area contributed by atoms with Gasteiger partial charge in [-0.3, -0.25) is 9.89 Å². The Morgan fingerprint density at radius 1 is 1.12 bits per heavy atom. The minimum absolute atomic E-state index is 0.805. The maximum atomic E-state index is 5.35. The highest BCUT2D eigenvalue weighted by Gasteiger charge is 2.14. The lowest BCUT2D eigenvalue weighted by Crippen LogP contribution is -2.39. The van der Waals surface area contributed by atoms with Crippen LogP contribution < -0.4 is 10.6 Å². The van der Waals surface area contributed by atoms with Crippen molar-refractivity contribution in [2.45, 2.75) is 39.2 Å². The maximum absolute atomic E-state index is 5.35. The van der Waals surface area contributed by atoms with Crippen molar-refractivity contribution in [3.8, 4) is 0 Å². The molecule has 0 amide bonds. The zero-order valence-corrected chi connectivity index (χ0v) is 15.9. The molecule has 0 aliphatic carbocycles. The second-order valence-electron chi connectivity index (χ2n) is 6.48. The third kappa shape index (κ3) is 7.45. The highest BCUT2D eigenvalue weighted by molar-refractivity contribution is 5.79. The van der Waals surface area contributed by atoms with Crippen LogP contribution in [0, 0.1) is 0 Å². The molecule has 0 fully saturated rings. The average Bonchev–Trinajstić information content (AvgIpc) is 2.66. The van der Waals surface area contributed by atoms with E-state index < -0.39 is 0 Å². The van der Waals surface area contributed by atoms with E-state index in [4.69, 9.17) is 4.74 Å². The molecule has 0 aromatic heterocycles. The van der Waals surface area contributed by atoms with Crippen LogP contribution in [0.4, 0.5) is 0 Å². The van der Waals surface area contributed by atoms with Crippen LogP contribution in [0.3, 0.4) is 0 Å². The van der Waals surface area contributed by atoms with Gasteiger partial charge >= 0.3 is 0 Å². The fourth-order valence-electron chi connectivity index (χ4n) is 3.16. The number of aliphatic imine (C=N–C) groups is 1. The van der Waals surface area contributed by atoms with Crippen molar-refractivity contribution in [1.82, 2.24) is 15.5 Å². The molecule has 2 rings (SSSR count). The van der Waals surface area contributed by atoms with Gasteiger partial charge in [0, 0.05) is 53.0 Å². The molecule has 0 atom stereocenters. The summed E-state index contributed by atoms with van der Waals surface area (Å²) in [6.45, 7) is 8.97. The van der Waals surface area contributed by atoms with E-state index in [1.165, 1.54) is 24.1 Å². The molecule has 0 radical (unpaired) electrons. The van der Waals surface area contributed by atoms with Gasteiger partial charge in [0.05, 0.1) is 0 Å². The van der Waals surface area contributed by atoms with Crippen LogP contribution in [-0.4, -0.2) is 57.3 Å². The fourth-order valence-corrected chi connectivity index (χ4v) is 3.16. The molecule has 0 unspecified atom stereocenters. The first-order valence-corrected chi connectivity index (χ1v) is 9.65. The summed E-state index contributed by atoms with van der Waals surface area (Å²) < 4.78 is 5.35. The van der Waals surface area contributed by atoms with E-state index in [9.17, 15) is 0 Å². The van der Waals surface area contributed by atoms with Crippen molar-refractivity contribution in [1.29, 1.82) is 0 Å². The summed E-state index contributed by atoms with van der Waals surface area (Å²) in [7, 11) is 1.83. The molecule has 1 aromatic rings. The molecule has 0 saturated heterocycles. The SMILES string of the molecule is CCOCCCCNC(=NC)NCCCN1CCc2ccccc2C1. The minimum atomic E-state index is 0.805. The average molecular weight is 347 g/mol. The molecule has 0 saturated carbocycles. The van der Waals surface area contributed by atoms with Crippen LogP contribution in [0.5, 0.6) is 0 Å². The summed E-state index contributed by atoms with van der Waals surface area (Å²) in [5.74, 6) is 0.903. The van der Waals surface area contributed by atoms with Crippen LogP contribution in [0.15, 0.2) is 29.3 Å². The highest BCUT2D eigenvalue weighted by Crippen LogP contribution is 2.18. The van der Waals surface area contributed by atoms with Crippen LogP contribution >= 0.6 is 0 Å². The number of guanidine groups is 1. The third-order valence-corrected chi connectivity index (χ3v) is 4.59. The number of rotatable bonds is 10. The van der Waals surface area contributed by atoms with Gasteiger partial charge in [0.1, 0.15) is 0 Å². The summed E-state index contributed by atoms with van der Waals surface area (Å²) in [5, 5.41) is 6.78. The molecule has 140 valence electrons. The zero-order chi connectivity index (χ0) is 17.7. The van der Waals surface area contributed by atoms with Gasteiger partial charge in [0.15, 0.2) is 5.96 Å². The monoisotopic (exact) mass is 346 g/mol. The van der Waals surface area contributed by atoms with Crippen LogP contribution in [-0.2, 0) is 17.7 Å². The number of nitrogens with one attached hydrogen (secondary N) is 2. The number of ether oxygens (including phenoxy) is 1. The van der Waals surface area contributed by atoms with Gasteiger partial charge in [-0.1, -0.05) is 24.3 Å². The van der Waals surface area contributed by atoms with Gasteiger partial charge in [-0.05, 0) is 43.7 Å². The van der Waals surface area contributed by atoms with Crippen molar-refractivity contribution in [2.24, 2.45) is 4.99 Å². The first-order chi connectivity index (χ1) is 12.3. The van der Waals surface area contributed by atoms with E-state index in [0.29, 0.717) is 0 Å². The number of benzene rings is 1. The highest BCUT2D eigenvalue weighted by atomic mass is 16.5. The van der Waals surface area contributed by atoms with Gasteiger partial charge in [-0.2, -0.15) is 0 Å². The first-order valence-electron chi connectivity index (χ1n) is 9.65. The Labute approximate surface area is 152 Å². The number of hydrogen-bond donors (Lipinski definition) is 2. The van der Waals surface area contributed by atoms with E-state index in [1.54, 1.807) is 0 Å². The smallest absolute Gasteiger partial charge is 0.190 e. The molecule has 1 aromatic carbocycles. The predicted molar refractivity (Wildman–Crippen MR) is 105 cm³/mol. The lowest BCUT2D eigenvalue weighted by Gasteiger charge is -2.28. The lowest BCUT2D eigenvalue weighted by molar-refractivity contribution is 0.143. The lowest BCUT2D eigenvalue weighted by atomic mass is 10.00. The van der Waals surface area contributed by atoms with E-state index in [1.807, 2.05) is 14.0 Å². The van der Waals surface area contributed by atoms with Gasteiger partial charge in [0.2, 0.25) is 0 Å². The standard InChI is InChI=1S/C20H34N4O/c1-3-25-16-7-6-12-22-20(21-2)23-13-8-14-24-15-11-18-9-4-5-10-19(18)17-24/h4-5,9-10H,3,6-8,11-17H2,1-2H3,(H2,21,22,23). The van der Waals surface area contributed by atoms with Crippen molar-refractivity contribution in [3.63, 3.8) is 0 Å². The van der Waals surface area contributed by atoms with Crippen molar-refractivity contribution in [2.75, 3.05) is 46.4 Å². The molecule has 0 bridgehead atoms. The van der Waals surface area contributed by atoms with Crippen molar-refractivity contribution < 1.29 is 4.74 Å². The molecule has 1 heterocycles. The van der Waals surface area contributed by atoms with Crippen LogP contribution in [0.1, 0.15) is 37.3 Å². The summed E-state index contributed by atoms with van der Waals surface area (Å²) in [4.78, 5) is 6.84. The van der Waals surface area contributed by atoms with E-state index >= 15 is 0 Å². The zero-order valence-electron chi connectivity index (χ0n) is 15.9. The van der Waals surface area contributed by atoms with Crippen LogP contribution in [0.25, 0.3) is 0 Å². The van der Waals surface area contributed by atoms with Gasteiger partial charge in [-0.15, -0.1) is 0 Å². The first kappa shape index (κ1) is 19.7. The largest absolute Gasteiger partial charge is 0.382 e. The Kier molecular flexibility index (Phi) is 9.37. The quantitative estimate of drug-likeness (QED) is 0.388. The summed E-state index contributed by atoms with van der Waals surface area (Å²) in [6, 6.07) is 8.82. The molecule has 1 aliphatic heterocycles. The second kappa shape index (κ2) is 11.9. The molecule has 0 spiro atoms. The Morgan fingerprint density at radius 3 is 2.64 bits per heavy atom. The normalized spacial score (nSPS) is 15.0. The Balaban J connectivity index is 1.54. The van der Waals surface area contributed by atoms with Crippen molar-refractivity contribution in [3.05, 3.63) is 35.4 Å². The third-order valence-electron chi connectivity index (χ3n) is 4.59. The molecular formula is C20H34N4O. The number of hydrogen-bond acceptors (Lipinski definition) is 3. The number of fused-ring (bicyclic) bond motifs is 1. The van der Waals surface area contributed by atoms with E-state index in [0.717, 1.165) is 64.6 Å². The molecule has 25 heavy (non-hydrogen) atoms. The Bertz CT molecular complexity index is 518. The molecular weight excluding hydrogens is 312 g/mol.